The molecule has 1 heterocycles. The molecule has 1 aliphatic heterocycles. The van der Waals surface area contributed by atoms with Gasteiger partial charge in [-0.15, -0.1) is 0 Å². The van der Waals surface area contributed by atoms with Crippen molar-refractivity contribution in [1.29, 1.82) is 0 Å². The lowest BCUT2D eigenvalue weighted by Crippen LogP contribution is -2.19. The molecule has 2 aliphatic rings. The van der Waals surface area contributed by atoms with E-state index in [9.17, 15) is 4.79 Å². The average molecular weight is 279 g/mol. The normalized spacial score (nSPS) is 19.8. The van der Waals surface area contributed by atoms with Crippen molar-refractivity contribution in [3.8, 4) is 5.75 Å². The highest BCUT2D eigenvalue weighted by Gasteiger charge is 2.33. The number of hydrogen-bond acceptors (Lipinski definition) is 3. The molecular formula is C18H17NO2. The molecule has 0 bridgehead atoms. The number of anilines is 1. The third-order valence-electron chi connectivity index (χ3n) is 4.35. The summed E-state index contributed by atoms with van der Waals surface area (Å²) in [6.07, 6.45) is 3.38. The van der Waals surface area contributed by atoms with E-state index in [1.807, 2.05) is 20.2 Å². The van der Waals surface area contributed by atoms with Gasteiger partial charge in [0.1, 0.15) is 11.9 Å². The first-order chi connectivity index (χ1) is 10.1. The van der Waals surface area contributed by atoms with E-state index in [0.29, 0.717) is 6.42 Å². The molecule has 0 aromatic heterocycles. The summed E-state index contributed by atoms with van der Waals surface area (Å²) in [5, 5.41) is 2.34. The van der Waals surface area contributed by atoms with Crippen molar-refractivity contribution in [1.82, 2.24) is 0 Å². The van der Waals surface area contributed by atoms with Gasteiger partial charge in [0.15, 0.2) is 5.78 Å². The maximum atomic E-state index is 11.8. The lowest BCUT2D eigenvalue weighted by Gasteiger charge is -2.22. The molecule has 3 heteroatoms. The van der Waals surface area contributed by atoms with Crippen LogP contribution in [0, 0.1) is 0 Å². The number of fused-ring (bicyclic) bond motifs is 3. The number of rotatable bonds is 1. The first-order valence-electron chi connectivity index (χ1n) is 7.28. The van der Waals surface area contributed by atoms with E-state index in [4.69, 9.17) is 4.74 Å². The predicted octanol–water partition coefficient (Wildman–Crippen LogP) is 3.41. The summed E-state index contributed by atoms with van der Waals surface area (Å²) in [4.78, 5) is 13.9. The van der Waals surface area contributed by atoms with Crippen LogP contribution in [0.1, 0.15) is 18.4 Å². The zero-order valence-corrected chi connectivity index (χ0v) is 12.2. The number of ether oxygens (including phenoxy) is 1. The van der Waals surface area contributed by atoms with Crippen molar-refractivity contribution in [2.24, 2.45) is 0 Å². The van der Waals surface area contributed by atoms with Crippen molar-refractivity contribution in [3.63, 3.8) is 0 Å². The van der Waals surface area contributed by atoms with Gasteiger partial charge in [0.05, 0.1) is 0 Å². The largest absolute Gasteiger partial charge is 0.485 e. The molecule has 2 aromatic rings. The van der Waals surface area contributed by atoms with Crippen LogP contribution in [0.5, 0.6) is 5.75 Å². The Hall–Kier alpha value is -2.29. The zero-order valence-electron chi connectivity index (χ0n) is 12.2. The number of Topliss-reactive ketones (excluding diaryl/α,β-unsaturated/α-hetero) is 1. The summed E-state index contributed by atoms with van der Waals surface area (Å²) in [5.41, 5.74) is 3.03. The highest BCUT2D eigenvalue weighted by atomic mass is 16.5. The van der Waals surface area contributed by atoms with Crippen LogP contribution in [-0.2, 0) is 4.79 Å². The number of hydrogen-bond donors (Lipinski definition) is 0. The summed E-state index contributed by atoms with van der Waals surface area (Å²) in [5.74, 6) is 1.12. The highest BCUT2D eigenvalue weighted by Crippen LogP contribution is 2.38. The Morgan fingerprint density at radius 1 is 1.14 bits per heavy atom. The SMILES string of the molecule is CN(C)c1ccc2cc3c(cc2c1)OC1CCC(=O)C1=C3. The molecule has 0 spiro atoms. The molecule has 0 saturated heterocycles. The number of carbonyl (C=O) groups is 1. The average Bonchev–Trinajstić information content (AvgIpc) is 2.83. The summed E-state index contributed by atoms with van der Waals surface area (Å²) < 4.78 is 6.03. The first-order valence-corrected chi connectivity index (χ1v) is 7.28. The Morgan fingerprint density at radius 3 is 2.81 bits per heavy atom. The molecule has 21 heavy (non-hydrogen) atoms. The topological polar surface area (TPSA) is 29.5 Å². The second kappa shape index (κ2) is 4.35. The van der Waals surface area contributed by atoms with E-state index in [-0.39, 0.29) is 11.9 Å². The highest BCUT2D eigenvalue weighted by molar-refractivity contribution is 6.04. The van der Waals surface area contributed by atoms with Crippen LogP contribution in [0.4, 0.5) is 5.69 Å². The second-order valence-electron chi connectivity index (χ2n) is 5.98. The van der Waals surface area contributed by atoms with Gasteiger partial charge in [-0.25, -0.2) is 0 Å². The minimum Gasteiger partial charge on any atom is -0.485 e. The number of benzene rings is 2. The van der Waals surface area contributed by atoms with Crippen molar-refractivity contribution in [3.05, 3.63) is 41.5 Å². The Labute approximate surface area is 123 Å². The number of carbonyl (C=O) groups excluding carboxylic acids is 1. The van der Waals surface area contributed by atoms with Crippen LogP contribution >= 0.6 is 0 Å². The minimum atomic E-state index is -0.0421. The van der Waals surface area contributed by atoms with Gasteiger partial charge in [-0.1, -0.05) is 6.07 Å². The van der Waals surface area contributed by atoms with E-state index in [0.717, 1.165) is 23.3 Å². The summed E-state index contributed by atoms with van der Waals surface area (Å²) >= 11 is 0. The fourth-order valence-electron chi connectivity index (χ4n) is 3.13. The van der Waals surface area contributed by atoms with Crippen molar-refractivity contribution >= 4 is 28.3 Å². The summed E-state index contributed by atoms with van der Waals surface area (Å²) in [7, 11) is 4.07. The Bertz CT molecular complexity index is 789. The van der Waals surface area contributed by atoms with Crippen molar-refractivity contribution in [2.75, 3.05) is 19.0 Å². The molecule has 4 rings (SSSR count). The molecule has 0 amide bonds. The molecule has 106 valence electrons. The lowest BCUT2D eigenvalue weighted by atomic mass is 9.99. The minimum absolute atomic E-state index is 0.0421. The van der Waals surface area contributed by atoms with E-state index in [2.05, 4.69) is 35.2 Å². The molecular weight excluding hydrogens is 262 g/mol. The fraction of sp³-hybridized carbons (Fsp3) is 0.278. The predicted molar refractivity (Wildman–Crippen MR) is 84.9 cm³/mol. The van der Waals surface area contributed by atoms with Crippen LogP contribution in [0.15, 0.2) is 35.9 Å². The summed E-state index contributed by atoms with van der Waals surface area (Å²) in [6.45, 7) is 0. The fourth-order valence-corrected chi connectivity index (χ4v) is 3.13. The lowest BCUT2D eigenvalue weighted by molar-refractivity contribution is -0.114. The summed E-state index contributed by atoms with van der Waals surface area (Å²) in [6, 6.07) is 10.6. The van der Waals surface area contributed by atoms with Gasteiger partial charge in [0.25, 0.3) is 0 Å². The van der Waals surface area contributed by atoms with Crippen LogP contribution in [0.3, 0.4) is 0 Å². The Kier molecular flexibility index (Phi) is 2.58. The van der Waals surface area contributed by atoms with Crippen molar-refractivity contribution < 1.29 is 9.53 Å². The number of ketones is 1. The maximum absolute atomic E-state index is 11.8. The first kappa shape index (κ1) is 12.5. The smallest absolute Gasteiger partial charge is 0.162 e. The van der Waals surface area contributed by atoms with E-state index < -0.39 is 0 Å². The third kappa shape index (κ3) is 1.92. The van der Waals surface area contributed by atoms with Crippen LogP contribution in [-0.4, -0.2) is 26.0 Å². The van der Waals surface area contributed by atoms with E-state index >= 15 is 0 Å². The van der Waals surface area contributed by atoms with Crippen LogP contribution in [0.25, 0.3) is 16.8 Å². The molecule has 1 saturated carbocycles. The Balaban J connectivity index is 1.87. The van der Waals surface area contributed by atoms with Gasteiger partial charge in [-0.05, 0) is 47.5 Å². The second-order valence-corrected chi connectivity index (χ2v) is 5.98. The van der Waals surface area contributed by atoms with Gasteiger partial charge in [0.2, 0.25) is 0 Å². The zero-order chi connectivity index (χ0) is 14.6. The van der Waals surface area contributed by atoms with Crippen LogP contribution in [0.2, 0.25) is 0 Å². The maximum Gasteiger partial charge on any atom is 0.162 e. The molecule has 0 N–H and O–H groups in total. The quantitative estimate of drug-likeness (QED) is 0.801. The molecule has 1 atom stereocenters. The monoisotopic (exact) mass is 279 g/mol. The molecule has 3 nitrogen and oxygen atoms in total. The molecule has 1 fully saturated rings. The van der Waals surface area contributed by atoms with Gasteiger partial charge in [-0.2, -0.15) is 0 Å². The van der Waals surface area contributed by atoms with E-state index in [1.54, 1.807) is 0 Å². The van der Waals surface area contributed by atoms with E-state index in [1.165, 1.54) is 16.5 Å². The van der Waals surface area contributed by atoms with Gasteiger partial charge >= 0.3 is 0 Å². The van der Waals surface area contributed by atoms with Gasteiger partial charge in [0, 0.05) is 37.3 Å². The Morgan fingerprint density at radius 2 is 2.00 bits per heavy atom. The van der Waals surface area contributed by atoms with Gasteiger partial charge in [-0.3, -0.25) is 4.79 Å². The molecule has 1 unspecified atom stereocenters. The molecule has 2 aromatic carbocycles. The third-order valence-corrected chi connectivity index (χ3v) is 4.35. The number of nitrogens with zero attached hydrogens (tertiary/aromatic N) is 1. The standard InChI is InChI=1S/C18H17NO2/c1-19(2)14-4-3-11-7-13-9-15-16(20)5-6-17(15)21-18(13)10-12(11)8-14/h3-4,7-10,17H,5-6H2,1-2H3. The molecule has 0 radical (unpaired) electrons. The van der Waals surface area contributed by atoms with Gasteiger partial charge < -0.3 is 9.64 Å². The van der Waals surface area contributed by atoms with Crippen LogP contribution < -0.4 is 9.64 Å². The molecule has 1 aliphatic carbocycles. The van der Waals surface area contributed by atoms with Crippen molar-refractivity contribution in [2.45, 2.75) is 18.9 Å².